The predicted molar refractivity (Wildman–Crippen MR) is 537 cm³/mol. The number of methoxy groups -OCH3 is 1. The minimum absolute atomic E-state index is 0.0107. The van der Waals surface area contributed by atoms with Crippen molar-refractivity contribution in [2.24, 2.45) is 34.8 Å². The molecule has 15 aromatic heterocycles. The number of nitrogens with zero attached hydrogens (tertiary/aromatic N) is 8. The molecule has 0 aromatic carbocycles. The van der Waals surface area contributed by atoms with Crippen LogP contribution in [0.4, 0.5) is 32.8 Å². The molecule has 0 spiro atoms. The van der Waals surface area contributed by atoms with Gasteiger partial charge in [0.25, 0.3) is 0 Å². The molecule has 0 saturated carbocycles. The smallest absolute Gasteiger partial charge is 0.131 e. The van der Waals surface area contributed by atoms with Gasteiger partial charge in [0.05, 0.1) is 130 Å². The number of alkyl halides is 1. The van der Waals surface area contributed by atoms with E-state index in [4.69, 9.17) is 85.7 Å². The number of aromatic nitrogens is 8. The Labute approximate surface area is 801 Å². The number of pyridine rings is 5. The maximum atomic E-state index is 12.7. The number of fused-ring (bicyclic) bond motifs is 5. The zero-order chi connectivity index (χ0) is 86.6. The van der Waals surface area contributed by atoms with E-state index in [2.05, 4.69) is 194 Å². The third-order valence-electron chi connectivity index (χ3n) is 18.2. The Bertz CT molecular complexity index is 5620. The van der Waals surface area contributed by atoms with Crippen molar-refractivity contribution >= 4 is 315 Å². The third-order valence-corrected chi connectivity index (χ3v) is 34.0. The van der Waals surface area contributed by atoms with Crippen LogP contribution in [0.25, 0.3) is 51.1 Å². The summed E-state index contributed by atoms with van der Waals surface area (Å²) in [5, 5.41) is 45.1. The summed E-state index contributed by atoms with van der Waals surface area (Å²) in [4.78, 5) is 43.6. The fraction of sp³-hybridized carbons (Fsp3) is 0.358. The first-order valence-electron chi connectivity index (χ1n) is 38.1. The number of thiazole rings is 3. The molecule has 0 unspecified atom stereocenters. The lowest BCUT2D eigenvalue weighted by molar-refractivity contribution is 0.180. The van der Waals surface area contributed by atoms with E-state index >= 15 is 0 Å². The largest absolute Gasteiger partial charge is 0.395 e. The predicted octanol–water partition coefficient (Wildman–Crippen LogP) is 25.0. The Balaban J connectivity index is 0.000000148. The van der Waals surface area contributed by atoms with Crippen LogP contribution in [0.1, 0.15) is 95.3 Å². The number of hydrogen-bond acceptors (Lipinski definition) is 30. The molecular weight excluding hydrogens is 2090 g/mol. The van der Waals surface area contributed by atoms with Gasteiger partial charge in [-0.15, -0.1) is 113 Å². The second-order valence-electron chi connectivity index (χ2n) is 28.7. The maximum Gasteiger partial charge on any atom is 0.131 e. The summed E-state index contributed by atoms with van der Waals surface area (Å²) >= 11 is 62.3. The first kappa shape index (κ1) is 97.5. The first-order valence-corrected chi connectivity index (χ1v) is 51.6. The van der Waals surface area contributed by atoms with Crippen molar-refractivity contribution in [1.82, 2.24) is 45.2 Å². The molecule has 121 heavy (non-hydrogen) atoms. The Hall–Kier alpha value is -4.14. The lowest BCUT2D eigenvalue weighted by Crippen LogP contribution is -2.30. The van der Waals surface area contributed by atoms with E-state index in [-0.39, 0.29) is 30.8 Å². The van der Waals surface area contributed by atoms with Gasteiger partial charge in [-0.05, 0) is 144 Å². The molecule has 0 aliphatic rings. The van der Waals surface area contributed by atoms with Gasteiger partial charge in [-0.3, -0.25) is 0 Å². The minimum atomic E-state index is -0.543. The van der Waals surface area contributed by atoms with Gasteiger partial charge in [0.15, 0.2) is 0 Å². The van der Waals surface area contributed by atoms with Gasteiger partial charge >= 0.3 is 0 Å². The summed E-state index contributed by atoms with van der Waals surface area (Å²) in [5.74, 6) is 1.20. The summed E-state index contributed by atoms with van der Waals surface area (Å²) in [7, 11) is 3.50. The molecule has 20 nitrogen and oxygen atoms in total. The summed E-state index contributed by atoms with van der Waals surface area (Å²) in [6.07, 6.45) is 11.1. The van der Waals surface area contributed by atoms with Crippen LogP contribution in [0, 0.1) is 18.8 Å². The average Bonchev–Trinajstić information content (AvgIpc) is 1.66. The van der Waals surface area contributed by atoms with Crippen molar-refractivity contribution in [3.05, 3.63) is 198 Å². The molecule has 0 amide bonds. The second kappa shape index (κ2) is 47.8. The van der Waals surface area contributed by atoms with E-state index in [0.29, 0.717) is 70.3 Å². The zero-order valence-electron chi connectivity index (χ0n) is 66.6. The zero-order valence-corrected chi connectivity index (χ0v) is 84.9. The molecule has 0 fully saturated rings. The van der Waals surface area contributed by atoms with Crippen LogP contribution in [-0.2, 0) is 69.6 Å². The number of anilines is 5. The van der Waals surface area contributed by atoms with Gasteiger partial charge in [0.1, 0.15) is 47.5 Å². The minimum Gasteiger partial charge on any atom is -0.395 e. The first-order chi connectivity index (χ1) is 58.1. The van der Waals surface area contributed by atoms with Crippen molar-refractivity contribution in [1.29, 1.82) is 0 Å². The fourth-order valence-electron chi connectivity index (χ4n) is 12.6. The average molecular weight is 2180 g/mol. The molecule has 0 bridgehead atoms. The van der Waals surface area contributed by atoms with E-state index < -0.39 is 12.7 Å². The highest BCUT2D eigenvalue weighted by Crippen LogP contribution is 2.46. The number of rotatable bonds is 34. The highest BCUT2D eigenvalue weighted by molar-refractivity contribution is 9.11. The van der Waals surface area contributed by atoms with Crippen LogP contribution in [0.2, 0.25) is 25.8 Å². The summed E-state index contributed by atoms with van der Waals surface area (Å²) in [6.45, 7) is 14.5. The maximum absolute atomic E-state index is 12.7. The Morgan fingerprint density at radius 3 is 1.06 bits per heavy atom. The van der Waals surface area contributed by atoms with Gasteiger partial charge in [0, 0.05) is 169 Å². The van der Waals surface area contributed by atoms with Crippen molar-refractivity contribution < 1.29 is 14.2 Å². The molecule has 15 aromatic rings. The van der Waals surface area contributed by atoms with Crippen LogP contribution in [0.5, 0.6) is 0 Å². The van der Waals surface area contributed by atoms with Gasteiger partial charge in [-0.1, -0.05) is 97.8 Å². The highest BCUT2D eigenvalue weighted by atomic mass is 79.9. The van der Waals surface area contributed by atoms with Crippen LogP contribution in [0.15, 0.2) is 118 Å². The quantitative estimate of drug-likeness (QED) is 0.0167. The summed E-state index contributed by atoms with van der Waals surface area (Å²) in [6, 6.07) is 17.4. The molecule has 5 atom stereocenters. The SMILES string of the molecule is CC(C)C[C@H](N)Cc1sc2c(NCc3nccs3)cc(Cl)nc2c1Br.CN[C@@H](CO)Cc1sc2c(NCc3nccs3)cc(Cl)nc2c1Br.COC[C@H](N)Cc1sc2c(NCc3nccs3)cc(Cl)nc2c1Br.Cc1c(C[C@@H](N)CC(C)C)sc2c(NCc3cccs3)cc(Cl)nc12.N[C@@H](CF)Cc1sc2c(NCc3cccs3)cc(Cl)nc2c1Br. The monoisotopic (exact) mass is 2180 g/mol. The van der Waals surface area contributed by atoms with Gasteiger partial charge in [-0.25, -0.2) is 44.3 Å². The molecule has 40 heteroatoms. The number of aliphatic hydroxyl groups is 1. The number of nitrogens with two attached hydrogens (primary N) is 4. The lowest BCUT2D eigenvalue weighted by Gasteiger charge is -2.13. The Morgan fingerprint density at radius 1 is 0.438 bits per heavy atom. The van der Waals surface area contributed by atoms with Crippen molar-refractivity contribution in [2.45, 2.75) is 142 Å². The number of nitrogens with one attached hydrogen (secondary N) is 6. The molecule has 0 radical (unpaired) electrons. The van der Waals surface area contributed by atoms with Crippen molar-refractivity contribution in [3.8, 4) is 0 Å². The van der Waals surface area contributed by atoms with E-state index in [1.165, 1.54) is 29.8 Å². The number of halogens is 10. The molecule has 15 N–H and O–H groups in total. The number of aliphatic hydroxyl groups excluding tert-OH is 1. The number of ether oxygens (including phenoxy) is 1. The summed E-state index contributed by atoms with van der Waals surface area (Å²) in [5.41, 5.74) is 34.9. The van der Waals surface area contributed by atoms with Crippen LogP contribution >= 0.6 is 235 Å². The standard InChI is InChI=1S/C19H24ClN3S2.C17H20BrClN4S2.C15H14BrClFN3S2.2C15H16BrClN4OS2/c1-11(2)7-13(21)8-16-12(3)18-19(25-16)15(9-17(20)23-18)22-10-14-5-4-6-24-14;1-9(2)5-10(20)6-12-15(18)16-17(25-12)11(7-13(19)23-16)22-8-14-21-3-4-24-14;16-13-11(4-8(19)6-18)23-15-10(5-12(17)21-14(13)15)20-7-9-2-1-3-22-9;1-22-7-8(18)4-10-13(16)14-15(24-10)9(5-11(17)21-14)20-6-12-19-2-3-23-12;1-18-8(7-22)4-10-13(16)14-15(24-10)9(5-11(17)21-14)20-6-12-19-2-3-23-12/h4-6,9,11,13H,7-8,10,21H2,1-3H3,(H,22,23);3-4,7,9-10H,5-6,8,20H2,1-2H3,(H,22,23);1-3,5,8H,4,6-7,19H2,(H,20,21);2-3,5,8H,4,6-7,18H2,1H3,(H,20,21);2-3,5,8,18,22H,4,6-7H2,1H3,(H,20,21)/t13-;10-;3*8-/m00111/s1. The number of likely N-dealkylation sites (N-methyl/N-ethyl adjacent to an activating group) is 1. The fourth-order valence-corrected chi connectivity index (χ4v) is 26.0. The topological polar surface area (TPSA) is 309 Å². The molecule has 0 aliphatic heterocycles. The molecular formula is C81H90Br4Cl5FN18O2S10. The van der Waals surface area contributed by atoms with Gasteiger partial charge in [-0.2, -0.15) is 0 Å². The van der Waals surface area contributed by atoms with E-state index in [9.17, 15) is 9.50 Å². The normalized spacial score (nSPS) is 12.8. The molecule has 0 saturated heterocycles. The Morgan fingerprint density at radius 2 is 0.752 bits per heavy atom. The number of thiophene rings is 7. The van der Waals surface area contributed by atoms with Gasteiger partial charge < -0.3 is 64.7 Å². The molecule has 15 heterocycles. The van der Waals surface area contributed by atoms with E-state index in [0.717, 1.165) is 174 Å². The lowest BCUT2D eigenvalue weighted by atomic mass is 10.0. The van der Waals surface area contributed by atoms with Crippen molar-refractivity contribution in [2.75, 3.05) is 60.6 Å². The third kappa shape index (κ3) is 27.7. The molecule has 0 aliphatic carbocycles. The highest BCUT2D eigenvalue weighted by Gasteiger charge is 2.25. The number of aryl methyl sites for hydroxylation is 1. The van der Waals surface area contributed by atoms with Crippen LogP contribution in [-0.4, -0.2) is 109 Å². The Kier molecular flexibility index (Phi) is 38.5. The molecule has 646 valence electrons. The summed E-state index contributed by atoms with van der Waals surface area (Å²) < 4.78 is 26.9. The second-order valence-corrected chi connectivity index (χ2v) is 44.3. The van der Waals surface area contributed by atoms with Gasteiger partial charge in [0.2, 0.25) is 0 Å². The van der Waals surface area contributed by atoms with E-state index in [1.54, 1.807) is 133 Å². The van der Waals surface area contributed by atoms with Crippen LogP contribution in [0.3, 0.4) is 0 Å². The van der Waals surface area contributed by atoms with E-state index in [1.807, 2.05) is 71.2 Å². The number of hydrogen-bond donors (Lipinski definition) is 11. The van der Waals surface area contributed by atoms with Crippen molar-refractivity contribution in [3.63, 3.8) is 0 Å². The molecule has 15 rings (SSSR count). The van der Waals surface area contributed by atoms with Crippen LogP contribution < -0.4 is 54.8 Å².